The van der Waals surface area contributed by atoms with Gasteiger partial charge in [-0.15, -0.1) is 0 Å². The van der Waals surface area contributed by atoms with Gasteiger partial charge in [0.25, 0.3) is 0 Å². The minimum absolute atomic E-state index is 0.0150. The average Bonchev–Trinajstić information content (AvgIpc) is 3.07. The molecule has 4 heteroatoms. The lowest BCUT2D eigenvalue weighted by Crippen LogP contribution is -2.36. The fourth-order valence-electron chi connectivity index (χ4n) is 3.64. The Morgan fingerprint density at radius 3 is 2.42 bits per heavy atom. The average molecular weight is 317 g/mol. The van der Waals surface area contributed by atoms with E-state index in [1.165, 1.54) is 0 Å². The summed E-state index contributed by atoms with van der Waals surface area (Å²) in [5, 5.41) is 0. The maximum Gasteiger partial charge on any atom is 0.241 e. The largest absolute Gasteiger partial charge is 0.314 e. The highest BCUT2D eigenvalue weighted by Gasteiger charge is 2.53. The second-order valence-corrected chi connectivity index (χ2v) is 6.21. The summed E-state index contributed by atoms with van der Waals surface area (Å²) in [6.45, 7) is 0. The Morgan fingerprint density at radius 1 is 1.00 bits per heavy atom. The van der Waals surface area contributed by atoms with Gasteiger partial charge in [0.2, 0.25) is 5.91 Å². The smallest absolute Gasteiger partial charge is 0.241 e. The molecule has 0 saturated carbocycles. The molecule has 1 spiro atoms. The molecule has 2 aliphatic rings. The number of amides is 1. The molecule has 1 unspecified atom stereocenters. The first kappa shape index (κ1) is 14.6. The molecule has 1 amide bonds. The maximum atomic E-state index is 12.9. The molecule has 0 saturated heterocycles. The van der Waals surface area contributed by atoms with Crippen molar-refractivity contribution in [1.29, 1.82) is 0 Å². The summed E-state index contributed by atoms with van der Waals surface area (Å²) in [7, 11) is 1.70. The first-order chi connectivity index (χ1) is 11.5. The number of hydrogen-bond acceptors (Lipinski definition) is 3. The number of fused-ring (bicyclic) bond motifs is 2. The lowest BCUT2D eigenvalue weighted by atomic mass is 9.81. The van der Waals surface area contributed by atoms with Crippen LogP contribution in [0.1, 0.15) is 22.3 Å². The molecule has 1 atom stereocenters. The molecule has 24 heavy (non-hydrogen) atoms. The van der Waals surface area contributed by atoms with E-state index < -0.39 is 5.41 Å². The van der Waals surface area contributed by atoms with Gasteiger partial charge in [0.1, 0.15) is 5.41 Å². The fraction of sp³-hybridized carbons (Fsp3) is 0.150. The Kier molecular flexibility index (Phi) is 3.03. The maximum absolute atomic E-state index is 12.9. The summed E-state index contributed by atoms with van der Waals surface area (Å²) in [6.07, 6.45) is 1.59. The molecule has 0 aromatic heterocycles. The molecule has 4 rings (SSSR count). The van der Waals surface area contributed by atoms with Gasteiger partial charge in [0, 0.05) is 24.7 Å². The van der Waals surface area contributed by atoms with Gasteiger partial charge in [-0.3, -0.25) is 14.4 Å². The predicted octanol–water partition coefficient (Wildman–Crippen LogP) is 2.68. The molecule has 4 nitrogen and oxygen atoms in total. The van der Waals surface area contributed by atoms with E-state index in [1.54, 1.807) is 42.3 Å². The van der Waals surface area contributed by atoms with E-state index in [1.807, 2.05) is 30.3 Å². The highest BCUT2D eigenvalue weighted by molar-refractivity contribution is 6.30. The van der Waals surface area contributed by atoms with Crippen LogP contribution < -0.4 is 4.90 Å². The summed E-state index contributed by atoms with van der Waals surface area (Å²) < 4.78 is 0. The van der Waals surface area contributed by atoms with Gasteiger partial charge >= 0.3 is 0 Å². The van der Waals surface area contributed by atoms with E-state index >= 15 is 0 Å². The Morgan fingerprint density at radius 2 is 1.67 bits per heavy atom. The lowest BCUT2D eigenvalue weighted by Gasteiger charge is -2.18. The van der Waals surface area contributed by atoms with Crippen LogP contribution in [0.25, 0.3) is 0 Å². The first-order valence-corrected chi connectivity index (χ1v) is 7.78. The van der Waals surface area contributed by atoms with Crippen LogP contribution in [0, 0.1) is 0 Å². The number of likely N-dealkylation sites (N-methyl/N-ethyl adjacent to an activating group) is 1. The van der Waals surface area contributed by atoms with Crippen molar-refractivity contribution < 1.29 is 14.4 Å². The molecule has 0 N–H and O–H groups in total. The molecule has 0 radical (unpaired) electrons. The van der Waals surface area contributed by atoms with Gasteiger partial charge in [-0.05, 0) is 17.7 Å². The van der Waals surface area contributed by atoms with E-state index in [9.17, 15) is 14.4 Å². The van der Waals surface area contributed by atoms with Gasteiger partial charge < -0.3 is 4.90 Å². The number of nitrogens with zero attached hydrogens (tertiary/aromatic N) is 1. The van der Waals surface area contributed by atoms with Crippen molar-refractivity contribution in [2.75, 3.05) is 11.9 Å². The van der Waals surface area contributed by atoms with Crippen molar-refractivity contribution in [3.8, 4) is 0 Å². The third-order valence-electron chi connectivity index (χ3n) is 4.84. The Balaban J connectivity index is 1.85. The summed E-state index contributed by atoms with van der Waals surface area (Å²) in [4.78, 5) is 39.7. The van der Waals surface area contributed by atoms with E-state index in [0.717, 1.165) is 11.3 Å². The van der Waals surface area contributed by atoms with Crippen molar-refractivity contribution in [1.82, 2.24) is 0 Å². The number of anilines is 1. The quantitative estimate of drug-likeness (QED) is 0.632. The number of benzene rings is 2. The van der Waals surface area contributed by atoms with Crippen molar-refractivity contribution >= 4 is 23.2 Å². The number of ketones is 2. The highest BCUT2D eigenvalue weighted by atomic mass is 16.2. The minimum atomic E-state index is -1.04. The predicted molar refractivity (Wildman–Crippen MR) is 90.0 cm³/mol. The molecular formula is C20H15NO3. The van der Waals surface area contributed by atoms with Crippen molar-refractivity contribution in [3.63, 3.8) is 0 Å². The zero-order valence-electron chi connectivity index (χ0n) is 13.2. The number of Topliss-reactive ketones (excluding diaryl/α,β-unsaturated/α-hetero) is 2. The molecular weight excluding hydrogens is 302 g/mol. The van der Waals surface area contributed by atoms with Crippen molar-refractivity contribution in [2.45, 2.75) is 11.8 Å². The second-order valence-electron chi connectivity index (χ2n) is 6.21. The first-order valence-electron chi connectivity index (χ1n) is 7.78. The summed E-state index contributed by atoms with van der Waals surface area (Å²) in [5.41, 5.74) is 1.12. The Labute approximate surface area is 139 Å². The fourth-order valence-corrected chi connectivity index (χ4v) is 3.64. The highest BCUT2D eigenvalue weighted by Crippen LogP contribution is 2.48. The number of carbonyl (C=O) groups excluding carboxylic acids is 3. The van der Waals surface area contributed by atoms with Crippen LogP contribution in [0.5, 0.6) is 0 Å². The lowest BCUT2D eigenvalue weighted by molar-refractivity contribution is -0.124. The van der Waals surface area contributed by atoms with E-state index in [4.69, 9.17) is 0 Å². The van der Waals surface area contributed by atoms with Gasteiger partial charge in [-0.25, -0.2) is 0 Å². The molecule has 118 valence electrons. The number of para-hydroxylation sites is 1. The van der Waals surface area contributed by atoms with E-state index in [2.05, 4.69) is 0 Å². The van der Waals surface area contributed by atoms with Gasteiger partial charge in [-0.2, -0.15) is 0 Å². The molecule has 1 heterocycles. The molecule has 0 fully saturated rings. The molecule has 1 aliphatic carbocycles. The number of rotatable bonds is 2. The molecule has 2 aromatic carbocycles. The van der Waals surface area contributed by atoms with E-state index in [0.29, 0.717) is 5.56 Å². The van der Waals surface area contributed by atoms with Crippen LogP contribution in [-0.4, -0.2) is 24.5 Å². The zero-order chi connectivity index (χ0) is 16.9. The van der Waals surface area contributed by atoms with Crippen LogP contribution in [0.4, 0.5) is 5.69 Å². The summed E-state index contributed by atoms with van der Waals surface area (Å²) in [5.74, 6) is -0.757. The van der Waals surface area contributed by atoms with Crippen LogP contribution in [-0.2, 0) is 15.0 Å². The number of carbonyl (C=O) groups is 3. The normalized spacial score (nSPS) is 22.0. The van der Waals surface area contributed by atoms with Gasteiger partial charge in [0.15, 0.2) is 11.6 Å². The molecule has 1 aliphatic heterocycles. The van der Waals surface area contributed by atoms with Gasteiger partial charge in [0.05, 0.1) is 5.57 Å². The Hall–Kier alpha value is -3.01. The monoisotopic (exact) mass is 317 g/mol. The van der Waals surface area contributed by atoms with Crippen LogP contribution in [0.2, 0.25) is 0 Å². The molecule has 2 aromatic rings. The SMILES string of the molecule is CN1C(=O)C2(C=C(C(=O)c3ccccc3)C(=O)C2)c2ccccc21. The molecule has 0 bridgehead atoms. The standard InChI is InChI=1S/C20H15NO3/c1-21-16-10-6-5-9-15(16)20(19(21)24)11-14(17(22)12-20)18(23)13-7-3-2-4-8-13/h2-11H,12H2,1H3. The van der Waals surface area contributed by atoms with Crippen molar-refractivity contribution in [2.24, 2.45) is 0 Å². The zero-order valence-corrected chi connectivity index (χ0v) is 13.2. The van der Waals surface area contributed by atoms with Crippen LogP contribution >= 0.6 is 0 Å². The van der Waals surface area contributed by atoms with Crippen LogP contribution in [0.15, 0.2) is 66.2 Å². The topological polar surface area (TPSA) is 54.5 Å². The summed E-state index contributed by atoms with van der Waals surface area (Å²) in [6, 6.07) is 16.1. The third-order valence-corrected chi connectivity index (χ3v) is 4.84. The number of allylic oxidation sites excluding steroid dienone is 1. The number of hydrogen-bond donors (Lipinski definition) is 0. The van der Waals surface area contributed by atoms with Crippen LogP contribution in [0.3, 0.4) is 0 Å². The minimum Gasteiger partial charge on any atom is -0.314 e. The van der Waals surface area contributed by atoms with Gasteiger partial charge in [-0.1, -0.05) is 48.5 Å². The second kappa shape index (κ2) is 4.99. The Bertz CT molecular complexity index is 913. The summed E-state index contributed by atoms with van der Waals surface area (Å²) >= 11 is 0. The van der Waals surface area contributed by atoms with Crippen molar-refractivity contribution in [3.05, 3.63) is 77.4 Å². The third kappa shape index (κ3) is 1.83. The van der Waals surface area contributed by atoms with E-state index in [-0.39, 0.29) is 29.5 Å².